The van der Waals surface area contributed by atoms with Crippen molar-refractivity contribution >= 4 is 43.0 Å². The summed E-state index contributed by atoms with van der Waals surface area (Å²) in [5.74, 6) is 0. The van der Waals surface area contributed by atoms with E-state index in [0.717, 1.165) is 19.0 Å². The van der Waals surface area contributed by atoms with E-state index < -0.39 is 20.9 Å². The predicted molar refractivity (Wildman–Crippen MR) is 114 cm³/mol. The molecule has 1 aliphatic rings. The molecular formula is C20H22F4N5Si. The number of benzene rings is 1. The fourth-order valence-corrected chi connectivity index (χ4v) is 5.06. The van der Waals surface area contributed by atoms with Crippen LogP contribution >= 0.6 is 0 Å². The monoisotopic (exact) mass is 436 g/mol. The Balaban J connectivity index is 2.16. The van der Waals surface area contributed by atoms with Gasteiger partial charge in [0.1, 0.15) is 0 Å². The number of allylic oxidation sites excluding steroid dienone is 2. The minimum Gasteiger partial charge on any atom is -0.404 e. The molecule has 1 aliphatic heterocycles. The lowest BCUT2D eigenvalue weighted by atomic mass is 10.0. The zero-order valence-corrected chi connectivity index (χ0v) is 17.4. The Bertz CT molecular complexity index is 1000. The summed E-state index contributed by atoms with van der Waals surface area (Å²) in [7, 11) is -0.331. The van der Waals surface area contributed by atoms with Gasteiger partial charge in [-0.2, -0.15) is 13.2 Å². The van der Waals surface area contributed by atoms with Crippen molar-refractivity contribution in [2.24, 2.45) is 5.73 Å². The second-order valence-corrected chi connectivity index (χ2v) is 9.08. The van der Waals surface area contributed by atoms with Crippen molar-refractivity contribution in [3.05, 3.63) is 48.4 Å². The molecule has 159 valence electrons. The Morgan fingerprint density at radius 3 is 2.73 bits per heavy atom. The molecule has 1 fully saturated rings. The number of hydrogen-bond acceptors (Lipinski definition) is 5. The average Bonchev–Trinajstić information content (AvgIpc) is 2.69. The number of nitrogens with zero attached hydrogens (tertiary/aromatic N) is 2. The molecule has 0 aliphatic carbocycles. The normalized spacial score (nSPS) is 19.1. The van der Waals surface area contributed by atoms with Gasteiger partial charge in [-0.3, -0.25) is 0 Å². The summed E-state index contributed by atoms with van der Waals surface area (Å²) < 4.78 is 54.9. The third-order valence-corrected chi connectivity index (χ3v) is 7.09. The van der Waals surface area contributed by atoms with E-state index >= 15 is 0 Å². The van der Waals surface area contributed by atoms with Crippen molar-refractivity contribution < 1.29 is 17.3 Å². The lowest BCUT2D eigenvalue weighted by Crippen LogP contribution is -2.49. The molecule has 1 radical (unpaired) electrons. The van der Waals surface area contributed by atoms with E-state index in [0.29, 0.717) is 23.7 Å². The molecule has 1 atom stereocenters. The Hall–Kier alpha value is -2.72. The average molecular weight is 437 g/mol. The van der Waals surface area contributed by atoms with Crippen molar-refractivity contribution in [3.8, 4) is 0 Å². The number of anilines is 1. The maximum atomic E-state index is 14.6. The van der Waals surface area contributed by atoms with Gasteiger partial charge in [-0.05, 0) is 32.1 Å². The fraction of sp³-hybridized carbons (Fsp3) is 0.300. The second kappa shape index (κ2) is 8.56. The van der Waals surface area contributed by atoms with Crippen molar-refractivity contribution in [2.45, 2.75) is 18.3 Å². The zero-order chi connectivity index (χ0) is 22.1. The first kappa shape index (κ1) is 22.0. The minimum atomic E-state index is -4.68. The van der Waals surface area contributed by atoms with Crippen molar-refractivity contribution in [1.82, 2.24) is 9.88 Å². The molecule has 5 nitrogen and oxygen atoms in total. The summed E-state index contributed by atoms with van der Waals surface area (Å²) in [5.41, 5.74) is 4.52. The van der Waals surface area contributed by atoms with Gasteiger partial charge in [0.05, 0.1) is 22.6 Å². The summed E-state index contributed by atoms with van der Waals surface area (Å²) in [6.45, 7) is 3.92. The van der Waals surface area contributed by atoms with E-state index in [2.05, 4.69) is 16.9 Å². The van der Waals surface area contributed by atoms with E-state index in [1.165, 1.54) is 6.07 Å². The first-order chi connectivity index (χ1) is 14.2. The van der Waals surface area contributed by atoms with Crippen LogP contribution in [0.15, 0.2) is 37.0 Å². The first-order valence-corrected chi connectivity index (χ1v) is 10.9. The number of fused-ring (bicyclic) bond motifs is 1. The van der Waals surface area contributed by atoms with Crippen LogP contribution in [0.2, 0.25) is 0 Å². The number of nitrogens with one attached hydrogen (secondary N) is 2. The molecule has 0 spiro atoms. The van der Waals surface area contributed by atoms with Crippen LogP contribution in [0.5, 0.6) is 0 Å². The number of pyridine rings is 1. The number of alkyl halides is 3. The molecule has 0 unspecified atom stereocenters. The lowest BCUT2D eigenvalue weighted by Gasteiger charge is -2.32. The summed E-state index contributed by atoms with van der Waals surface area (Å²) in [5, 5.41) is 11.4. The molecule has 10 heteroatoms. The molecule has 1 aromatic heterocycles. The molecule has 30 heavy (non-hydrogen) atoms. The number of nitrogens with two attached hydrogens (primary N) is 1. The van der Waals surface area contributed by atoms with Crippen LogP contribution in [0.4, 0.5) is 23.0 Å². The van der Waals surface area contributed by atoms with Gasteiger partial charge in [0.25, 0.3) is 0 Å². The minimum absolute atomic E-state index is 0.115. The molecule has 1 aromatic carbocycles. The lowest BCUT2D eigenvalue weighted by molar-refractivity contribution is -0.0688. The van der Waals surface area contributed by atoms with Gasteiger partial charge in [0, 0.05) is 40.6 Å². The Kier molecular flexibility index (Phi) is 6.27. The third kappa shape index (κ3) is 4.39. The number of aromatic nitrogens is 1. The van der Waals surface area contributed by atoms with E-state index in [4.69, 9.17) is 11.1 Å². The molecule has 0 bridgehead atoms. The van der Waals surface area contributed by atoms with E-state index in [1.54, 1.807) is 18.2 Å². The van der Waals surface area contributed by atoms with Crippen LogP contribution in [0.25, 0.3) is 21.9 Å². The van der Waals surface area contributed by atoms with Gasteiger partial charge in [-0.1, -0.05) is 18.7 Å². The molecular weight excluding hydrogens is 414 g/mol. The van der Waals surface area contributed by atoms with Crippen LogP contribution in [-0.2, 0) is 0 Å². The Morgan fingerprint density at radius 1 is 1.40 bits per heavy atom. The van der Waals surface area contributed by atoms with Crippen molar-refractivity contribution in [1.29, 1.82) is 5.41 Å². The quantitative estimate of drug-likeness (QED) is 0.287. The molecule has 2 heterocycles. The maximum Gasteiger partial charge on any atom is 0.417 e. The van der Waals surface area contributed by atoms with Crippen molar-refractivity contribution in [2.75, 3.05) is 25.1 Å². The molecule has 3 rings (SSSR count). The maximum absolute atomic E-state index is 14.6. The Morgan fingerprint density at radius 2 is 2.13 bits per heavy atom. The summed E-state index contributed by atoms with van der Waals surface area (Å²) in [6.07, 6.45) is -1.67. The standard InChI is InChI=1S/C20H22F4N5Si/c1-12(20(21,22)23)19-14-4-3-5-16(27-18-6-7-29(2)11-30(18)24)15(14)8-17(28-19)13(9-25)10-26/h3-5,8-10,18,25,27H,1,6-7,11,26H2,2H3/t18-/m0/s1. The zero-order valence-electron chi connectivity index (χ0n) is 16.4. The first-order valence-electron chi connectivity index (χ1n) is 9.25. The summed E-state index contributed by atoms with van der Waals surface area (Å²) >= 11 is 0. The Labute approximate surface area is 173 Å². The van der Waals surface area contributed by atoms with Gasteiger partial charge < -0.3 is 25.5 Å². The molecule has 2 aromatic rings. The van der Waals surface area contributed by atoms with Gasteiger partial charge >= 0.3 is 15.3 Å². The highest BCUT2D eigenvalue weighted by atomic mass is 28.3. The highest BCUT2D eigenvalue weighted by Crippen LogP contribution is 2.38. The summed E-state index contributed by atoms with van der Waals surface area (Å²) in [4.78, 5) is 6.04. The fourth-order valence-electron chi connectivity index (χ4n) is 3.41. The number of halogens is 4. The van der Waals surface area contributed by atoms with Gasteiger partial charge in [-0.25, -0.2) is 4.98 Å². The van der Waals surface area contributed by atoms with Gasteiger partial charge in [-0.15, -0.1) is 0 Å². The van der Waals surface area contributed by atoms with Gasteiger partial charge in [0.2, 0.25) is 0 Å². The smallest absolute Gasteiger partial charge is 0.404 e. The molecule has 1 saturated heterocycles. The van der Waals surface area contributed by atoms with E-state index in [1.807, 2.05) is 11.9 Å². The molecule has 0 amide bonds. The van der Waals surface area contributed by atoms with Gasteiger partial charge in [0.15, 0.2) is 0 Å². The van der Waals surface area contributed by atoms with Crippen molar-refractivity contribution in [3.63, 3.8) is 0 Å². The van der Waals surface area contributed by atoms with E-state index in [-0.39, 0.29) is 28.0 Å². The highest BCUT2D eigenvalue weighted by molar-refractivity contribution is 6.54. The summed E-state index contributed by atoms with van der Waals surface area (Å²) in [6, 6.07) is 6.40. The number of hydrogen-bond donors (Lipinski definition) is 3. The predicted octanol–water partition coefficient (Wildman–Crippen LogP) is 3.91. The van der Waals surface area contributed by atoms with Crippen LogP contribution < -0.4 is 11.1 Å². The van der Waals surface area contributed by atoms with Crippen LogP contribution in [-0.4, -0.2) is 56.8 Å². The van der Waals surface area contributed by atoms with E-state index in [9.17, 15) is 17.3 Å². The topological polar surface area (TPSA) is 78.0 Å². The number of rotatable bonds is 5. The SMILES string of the molecule is C=C(c1nc(C(C=N)=CN)cc2c(N[C@@H]3CCN(C)C[Si]3F)cccc12)C(F)(F)F. The molecule has 0 saturated carbocycles. The second-order valence-electron chi connectivity index (χ2n) is 7.17. The third-order valence-electron chi connectivity index (χ3n) is 5.06. The van der Waals surface area contributed by atoms with Crippen LogP contribution in [0, 0.1) is 5.41 Å². The highest BCUT2D eigenvalue weighted by Gasteiger charge is 2.36. The largest absolute Gasteiger partial charge is 0.417 e. The van der Waals surface area contributed by atoms with Crippen LogP contribution in [0.3, 0.4) is 0 Å². The van der Waals surface area contributed by atoms with Crippen LogP contribution in [0.1, 0.15) is 17.8 Å². The molecule has 4 N–H and O–H groups in total.